The lowest BCUT2D eigenvalue weighted by molar-refractivity contribution is 0.596. The van der Waals surface area contributed by atoms with Crippen LogP contribution in [-0.2, 0) is 6.54 Å². The topological polar surface area (TPSA) is 69.6 Å². The molecule has 0 aliphatic carbocycles. The van der Waals surface area contributed by atoms with E-state index in [-0.39, 0.29) is 0 Å². The molecule has 2 N–H and O–H groups in total. The Morgan fingerprint density at radius 3 is 3.08 bits per heavy atom. The van der Waals surface area contributed by atoms with Crippen LogP contribution in [0.15, 0.2) is 0 Å². The van der Waals surface area contributed by atoms with Crippen molar-refractivity contribution in [2.45, 2.75) is 11.8 Å². The molecular formula is C6H11N5S2. The van der Waals surface area contributed by atoms with Gasteiger partial charge >= 0.3 is 0 Å². The van der Waals surface area contributed by atoms with E-state index in [1.165, 1.54) is 17.3 Å². The largest absolute Gasteiger partial charge is 0.367 e. The van der Waals surface area contributed by atoms with Gasteiger partial charge in [0, 0.05) is 22.5 Å². The predicted molar refractivity (Wildman–Crippen MR) is 55.8 cm³/mol. The molecule has 0 spiro atoms. The van der Waals surface area contributed by atoms with Crippen LogP contribution in [0.4, 0.5) is 5.95 Å². The lowest BCUT2D eigenvalue weighted by Crippen LogP contribution is -2.22. The van der Waals surface area contributed by atoms with Crippen LogP contribution in [0.3, 0.4) is 0 Å². The molecule has 1 atom stereocenters. The van der Waals surface area contributed by atoms with Gasteiger partial charge < -0.3 is 5.73 Å². The molecule has 1 aliphatic heterocycles. The summed E-state index contributed by atoms with van der Waals surface area (Å²) in [5.74, 6) is 4.06. The minimum Gasteiger partial charge on any atom is -0.367 e. The van der Waals surface area contributed by atoms with Crippen molar-refractivity contribution < 1.29 is 0 Å². The summed E-state index contributed by atoms with van der Waals surface area (Å²) in [5, 5.41) is 11.6. The van der Waals surface area contributed by atoms with Crippen LogP contribution in [0.25, 0.3) is 0 Å². The second-order valence-corrected chi connectivity index (χ2v) is 5.34. The minimum atomic E-state index is 0.413. The second kappa shape index (κ2) is 4.19. The molecule has 1 aliphatic rings. The molecule has 1 fully saturated rings. The third kappa shape index (κ3) is 2.28. The molecule has 2 rings (SSSR count). The number of nitrogens with two attached hydrogens (primary N) is 1. The quantitative estimate of drug-likeness (QED) is 0.758. The van der Waals surface area contributed by atoms with E-state index < -0.39 is 0 Å². The van der Waals surface area contributed by atoms with Gasteiger partial charge in [-0.2, -0.15) is 23.5 Å². The molecule has 1 saturated heterocycles. The highest BCUT2D eigenvalue weighted by Crippen LogP contribution is 2.25. The first kappa shape index (κ1) is 9.14. The summed E-state index contributed by atoms with van der Waals surface area (Å²) in [6.07, 6.45) is 0. The fourth-order valence-electron chi connectivity index (χ4n) is 1.18. The van der Waals surface area contributed by atoms with Crippen LogP contribution < -0.4 is 5.73 Å². The van der Waals surface area contributed by atoms with Crippen molar-refractivity contribution in [3.05, 3.63) is 0 Å². The van der Waals surface area contributed by atoms with Crippen molar-refractivity contribution >= 4 is 29.5 Å². The maximum Gasteiger partial charge on any atom is 0.240 e. The van der Waals surface area contributed by atoms with Crippen LogP contribution >= 0.6 is 23.5 Å². The number of hydrogen-bond donors (Lipinski definition) is 1. The number of aromatic nitrogens is 4. The van der Waals surface area contributed by atoms with Crippen LogP contribution in [0.5, 0.6) is 0 Å². The molecule has 0 amide bonds. The van der Waals surface area contributed by atoms with Crippen LogP contribution in [-0.4, -0.2) is 42.7 Å². The van der Waals surface area contributed by atoms with Gasteiger partial charge in [0.25, 0.3) is 0 Å². The first-order valence-corrected chi connectivity index (χ1v) is 6.27. The highest BCUT2D eigenvalue weighted by atomic mass is 32.2. The molecular weight excluding hydrogens is 206 g/mol. The standard InChI is InChI=1S/C6H11N5S2/c7-6-8-9-10-11(6)3-5-4-12-1-2-13-5/h5H,1-4H2,(H2,7,8,10). The van der Waals surface area contributed by atoms with E-state index >= 15 is 0 Å². The van der Waals surface area contributed by atoms with Gasteiger partial charge in [0.15, 0.2) is 0 Å². The fraction of sp³-hybridized carbons (Fsp3) is 0.833. The lowest BCUT2D eigenvalue weighted by Gasteiger charge is -2.20. The molecule has 0 saturated carbocycles. The summed E-state index contributed by atoms with van der Waals surface area (Å²) in [4.78, 5) is 0. The van der Waals surface area contributed by atoms with E-state index in [4.69, 9.17) is 5.73 Å². The Morgan fingerprint density at radius 2 is 2.46 bits per heavy atom. The first-order chi connectivity index (χ1) is 6.36. The van der Waals surface area contributed by atoms with Gasteiger partial charge in [-0.3, -0.25) is 0 Å². The van der Waals surface area contributed by atoms with E-state index in [0.717, 1.165) is 6.54 Å². The maximum atomic E-state index is 5.57. The summed E-state index contributed by atoms with van der Waals surface area (Å²) < 4.78 is 1.67. The second-order valence-electron chi connectivity index (χ2n) is 2.79. The molecule has 5 nitrogen and oxygen atoms in total. The molecule has 13 heavy (non-hydrogen) atoms. The van der Waals surface area contributed by atoms with Gasteiger partial charge in [-0.1, -0.05) is 5.10 Å². The van der Waals surface area contributed by atoms with Gasteiger partial charge in [0.05, 0.1) is 6.54 Å². The fourth-order valence-corrected chi connectivity index (χ4v) is 3.82. The molecule has 7 heteroatoms. The SMILES string of the molecule is Nc1nnnn1CC1CSCCS1. The highest BCUT2D eigenvalue weighted by molar-refractivity contribution is 8.06. The van der Waals surface area contributed by atoms with Crippen molar-refractivity contribution in [2.24, 2.45) is 0 Å². The van der Waals surface area contributed by atoms with Gasteiger partial charge in [-0.15, -0.1) is 0 Å². The Labute approximate surface area is 84.8 Å². The van der Waals surface area contributed by atoms with Crippen molar-refractivity contribution in [3.8, 4) is 0 Å². The highest BCUT2D eigenvalue weighted by Gasteiger charge is 2.16. The number of rotatable bonds is 2. The zero-order valence-electron chi connectivity index (χ0n) is 7.09. The van der Waals surface area contributed by atoms with Gasteiger partial charge in [0.2, 0.25) is 5.95 Å². The Balaban J connectivity index is 1.93. The summed E-state index contributed by atoms with van der Waals surface area (Å²) in [6, 6.07) is 0. The van der Waals surface area contributed by atoms with Crippen molar-refractivity contribution in [2.75, 3.05) is 23.0 Å². The van der Waals surface area contributed by atoms with E-state index in [1.807, 2.05) is 23.5 Å². The minimum absolute atomic E-state index is 0.413. The number of nitrogen functional groups attached to an aromatic ring is 1. The van der Waals surface area contributed by atoms with Crippen molar-refractivity contribution in [1.29, 1.82) is 0 Å². The summed E-state index contributed by atoms with van der Waals surface area (Å²) in [5.41, 5.74) is 5.57. The van der Waals surface area contributed by atoms with E-state index in [0.29, 0.717) is 11.2 Å². The third-order valence-corrected chi connectivity index (χ3v) is 4.65. The zero-order chi connectivity index (χ0) is 9.10. The third-order valence-electron chi connectivity index (χ3n) is 1.82. The summed E-state index contributed by atoms with van der Waals surface area (Å²) >= 11 is 3.96. The molecule has 1 aromatic heterocycles. The van der Waals surface area contributed by atoms with Gasteiger partial charge in [-0.25, -0.2) is 4.68 Å². The van der Waals surface area contributed by atoms with Crippen LogP contribution in [0, 0.1) is 0 Å². The number of tetrazole rings is 1. The van der Waals surface area contributed by atoms with Crippen LogP contribution in [0.1, 0.15) is 0 Å². The van der Waals surface area contributed by atoms with Crippen molar-refractivity contribution in [1.82, 2.24) is 20.2 Å². The number of thioether (sulfide) groups is 2. The average molecular weight is 217 g/mol. The summed E-state index contributed by atoms with van der Waals surface area (Å²) in [6.45, 7) is 0.830. The Morgan fingerprint density at radius 1 is 1.54 bits per heavy atom. The number of nitrogens with zero attached hydrogens (tertiary/aromatic N) is 4. The monoisotopic (exact) mass is 217 g/mol. The van der Waals surface area contributed by atoms with E-state index in [9.17, 15) is 0 Å². The molecule has 72 valence electrons. The van der Waals surface area contributed by atoms with Gasteiger partial charge in [-0.05, 0) is 10.4 Å². The average Bonchev–Trinajstić information content (AvgIpc) is 2.54. The molecule has 1 unspecified atom stereocenters. The number of anilines is 1. The molecule has 0 bridgehead atoms. The normalized spacial score (nSPS) is 23.2. The molecule has 0 aromatic carbocycles. The number of hydrogen-bond acceptors (Lipinski definition) is 6. The smallest absolute Gasteiger partial charge is 0.240 e. The molecule has 2 heterocycles. The Hall–Kier alpha value is -0.430. The van der Waals surface area contributed by atoms with Crippen LogP contribution in [0.2, 0.25) is 0 Å². The van der Waals surface area contributed by atoms with Gasteiger partial charge in [0.1, 0.15) is 0 Å². The lowest BCUT2D eigenvalue weighted by atomic mass is 10.5. The van der Waals surface area contributed by atoms with Crippen molar-refractivity contribution in [3.63, 3.8) is 0 Å². The zero-order valence-corrected chi connectivity index (χ0v) is 8.72. The summed E-state index contributed by atoms with van der Waals surface area (Å²) in [7, 11) is 0. The first-order valence-electron chi connectivity index (χ1n) is 4.07. The Bertz CT molecular complexity index is 270. The maximum absolute atomic E-state index is 5.57. The molecule has 0 radical (unpaired) electrons. The van der Waals surface area contributed by atoms with E-state index in [2.05, 4.69) is 15.5 Å². The van der Waals surface area contributed by atoms with E-state index in [1.54, 1.807) is 4.68 Å². The predicted octanol–water partition coefficient (Wildman–Crippen LogP) is 0.104. The molecule has 1 aromatic rings. The Kier molecular flexibility index (Phi) is 2.94.